The molecule has 0 atom stereocenters. The monoisotopic (exact) mass is 449 g/mol. The van der Waals surface area contributed by atoms with E-state index >= 15 is 0 Å². The van der Waals surface area contributed by atoms with E-state index in [0.717, 1.165) is 17.8 Å². The second-order valence-corrected chi connectivity index (χ2v) is 8.71. The highest BCUT2D eigenvalue weighted by Crippen LogP contribution is 2.24. The largest absolute Gasteiger partial charge is 0.342 e. The molecule has 2 amide bonds. The Bertz CT molecular complexity index is 1060. The van der Waals surface area contributed by atoms with E-state index in [0.29, 0.717) is 36.8 Å². The van der Waals surface area contributed by atoms with Crippen LogP contribution in [0.3, 0.4) is 0 Å². The fourth-order valence-electron chi connectivity index (χ4n) is 3.91. The molecule has 1 fully saturated rings. The number of rotatable bonds is 7. The van der Waals surface area contributed by atoms with Gasteiger partial charge >= 0.3 is 0 Å². The molecular formula is C24H27N5O2S. The zero-order valence-corrected chi connectivity index (χ0v) is 18.9. The van der Waals surface area contributed by atoms with Gasteiger partial charge in [0.15, 0.2) is 5.16 Å². The van der Waals surface area contributed by atoms with Crippen molar-refractivity contribution in [3.63, 3.8) is 0 Å². The Labute approximate surface area is 192 Å². The average Bonchev–Trinajstić information content (AvgIpc) is 3.31. The van der Waals surface area contributed by atoms with E-state index in [1.165, 1.54) is 17.3 Å². The van der Waals surface area contributed by atoms with E-state index in [1.54, 1.807) is 6.33 Å². The van der Waals surface area contributed by atoms with E-state index in [4.69, 9.17) is 0 Å². The first-order valence-corrected chi connectivity index (χ1v) is 11.9. The molecule has 1 saturated heterocycles. The van der Waals surface area contributed by atoms with Crippen molar-refractivity contribution in [2.45, 2.75) is 31.3 Å². The maximum atomic E-state index is 12.8. The molecule has 0 unspecified atom stereocenters. The summed E-state index contributed by atoms with van der Waals surface area (Å²) >= 11 is 1.40. The van der Waals surface area contributed by atoms with Crippen molar-refractivity contribution in [3.05, 3.63) is 66.5 Å². The number of carbonyl (C=O) groups excluding carboxylic acids is 2. The lowest BCUT2D eigenvalue weighted by Crippen LogP contribution is -2.42. The van der Waals surface area contributed by atoms with E-state index in [1.807, 2.05) is 58.0 Å². The van der Waals surface area contributed by atoms with Crippen LogP contribution in [0.5, 0.6) is 0 Å². The number of aromatic nitrogens is 3. The molecule has 2 heterocycles. The van der Waals surface area contributed by atoms with Gasteiger partial charge in [0.1, 0.15) is 6.33 Å². The highest BCUT2D eigenvalue weighted by molar-refractivity contribution is 7.99. The number of piperidine rings is 1. The molecule has 2 aromatic carbocycles. The second-order valence-electron chi connectivity index (χ2n) is 7.76. The zero-order chi connectivity index (χ0) is 22.3. The van der Waals surface area contributed by atoms with Gasteiger partial charge in [-0.3, -0.25) is 14.2 Å². The highest BCUT2D eigenvalue weighted by atomic mass is 32.2. The van der Waals surface area contributed by atoms with Crippen LogP contribution < -0.4 is 5.32 Å². The van der Waals surface area contributed by atoms with Crippen LogP contribution in [0.4, 0.5) is 5.69 Å². The average molecular weight is 450 g/mol. The van der Waals surface area contributed by atoms with Crippen molar-refractivity contribution in [1.82, 2.24) is 19.7 Å². The number of carbonyl (C=O) groups is 2. The molecule has 0 radical (unpaired) electrons. The lowest BCUT2D eigenvalue weighted by atomic mass is 9.96. The third-order valence-corrected chi connectivity index (χ3v) is 6.66. The van der Waals surface area contributed by atoms with Crippen molar-refractivity contribution in [3.8, 4) is 5.69 Å². The number of anilines is 1. The van der Waals surface area contributed by atoms with Crippen LogP contribution in [0.15, 0.2) is 66.1 Å². The summed E-state index contributed by atoms with van der Waals surface area (Å²) < 4.78 is 1.94. The quantitative estimate of drug-likeness (QED) is 0.555. The van der Waals surface area contributed by atoms with Gasteiger partial charge in [0, 0.05) is 24.7 Å². The third-order valence-electron chi connectivity index (χ3n) is 5.73. The number of aryl methyl sites for hydroxylation is 1. The molecule has 4 rings (SSSR count). The maximum absolute atomic E-state index is 12.8. The van der Waals surface area contributed by atoms with Crippen molar-refractivity contribution >= 4 is 29.3 Å². The normalized spacial score (nSPS) is 14.3. The van der Waals surface area contributed by atoms with Gasteiger partial charge in [-0.05, 0) is 43.0 Å². The molecule has 7 nitrogen and oxygen atoms in total. The molecule has 3 aromatic rings. The van der Waals surface area contributed by atoms with Crippen LogP contribution in [0.25, 0.3) is 5.69 Å². The molecule has 0 bridgehead atoms. The van der Waals surface area contributed by atoms with E-state index < -0.39 is 0 Å². The number of thioether (sulfide) groups is 1. The van der Waals surface area contributed by atoms with Gasteiger partial charge in [-0.15, -0.1) is 10.2 Å². The maximum Gasteiger partial charge on any atom is 0.233 e. The van der Waals surface area contributed by atoms with Crippen molar-refractivity contribution in [2.24, 2.45) is 5.92 Å². The summed E-state index contributed by atoms with van der Waals surface area (Å²) in [5.41, 5.74) is 3.05. The van der Waals surface area contributed by atoms with Crippen molar-refractivity contribution in [2.75, 3.05) is 24.2 Å². The van der Waals surface area contributed by atoms with Crippen molar-refractivity contribution in [1.29, 1.82) is 0 Å². The molecule has 32 heavy (non-hydrogen) atoms. The Morgan fingerprint density at radius 3 is 2.53 bits per heavy atom. The van der Waals surface area contributed by atoms with Gasteiger partial charge in [0.05, 0.1) is 11.4 Å². The van der Waals surface area contributed by atoms with Gasteiger partial charge in [-0.2, -0.15) is 0 Å². The smallest absolute Gasteiger partial charge is 0.233 e. The fourth-order valence-corrected chi connectivity index (χ4v) is 4.73. The number of benzene rings is 2. The summed E-state index contributed by atoms with van der Waals surface area (Å²) in [6, 6.07) is 17.6. The van der Waals surface area contributed by atoms with Crippen LogP contribution in [0, 0.1) is 5.92 Å². The number of hydrogen-bond donors (Lipinski definition) is 1. The molecule has 1 N–H and O–H groups in total. The molecule has 8 heteroatoms. The van der Waals surface area contributed by atoms with Gasteiger partial charge in [0.2, 0.25) is 11.8 Å². The SMILES string of the molecule is CCc1ccccc1-n1cnnc1SCC(=O)N1CCC(C(=O)Nc2ccccc2)CC1. The first kappa shape index (κ1) is 22.1. The van der Waals surface area contributed by atoms with Crippen LogP contribution in [-0.2, 0) is 16.0 Å². The van der Waals surface area contributed by atoms with Gasteiger partial charge < -0.3 is 10.2 Å². The third kappa shape index (κ3) is 5.19. The predicted octanol–water partition coefficient (Wildman–Crippen LogP) is 3.80. The lowest BCUT2D eigenvalue weighted by molar-refractivity contribution is -0.132. The number of hydrogen-bond acceptors (Lipinski definition) is 5. The Balaban J connectivity index is 1.29. The Morgan fingerprint density at radius 2 is 1.78 bits per heavy atom. The molecule has 0 saturated carbocycles. The summed E-state index contributed by atoms with van der Waals surface area (Å²) in [6.07, 6.45) is 3.95. The molecule has 1 aromatic heterocycles. The van der Waals surface area contributed by atoms with E-state index in [9.17, 15) is 9.59 Å². The van der Waals surface area contributed by atoms with Crippen LogP contribution >= 0.6 is 11.8 Å². The topological polar surface area (TPSA) is 80.1 Å². The highest BCUT2D eigenvalue weighted by Gasteiger charge is 2.27. The number of nitrogens with zero attached hydrogens (tertiary/aromatic N) is 4. The molecule has 0 aliphatic carbocycles. The van der Waals surface area contributed by atoms with Gasteiger partial charge in [0.25, 0.3) is 0 Å². The number of para-hydroxylation sites is 2. The molecular weight excluding hydrogens is 422 g/mol. The molecule has 1 aliphatic rings. The standard InChI is InChI=1S/C24H27N5O2S/c1-2-18-8-6-7-11-21(18)29-17-25-27-24(29)32-16-22(30)28-14-12-19(13-15-28)23(31)26-20-9-4-3-5-10-20/h3-11,17,19H,2,12-16H2,1H3,(H,26,31). The number of nitrogens with one attached hydrogen (secondary N) is 1. The second kappa shape index (κ2) is 10.5. The lowest BCUT2D eigenvalue weighted by Gasteiger charge is -2.31. The van der Waals surface area contributed by atoms with E-state index in [2.05, 4.69) is 28.5 Å². The molecule has 0 spiro atoms. The summed E-state index contributed by atoms with van der Waals surface area (Å²) in [5.74, 6) is 0.324. The minimum Gasteiger partial charge on any atom is -0.342 e. The number of amides is 2. The summed E-state index contributed by atoms with van der Waals surface area (Å²) in [7, 11) is 0. The van der Waals surface area contributed by atoms with Crippen LogP contribution in [0.1, 0.15) is 25.3 Å². The first-order chi connectivity index (χ1) is 15.7. The van der Waals surface area contributed by atoms with Crippen molar-refractivity contribution < 1.29 is 9.59 Å². The predicted molar refractivity (Wildman–Crippen MR) is 126 cm³/mol. The van der Waals surface area contributed by atoms with E-state index in [-0.39, 0.29) is 17.7 Å². The summed E-state index contributed by atoms with van der Waals surface area (Å²) in [6.45, 7) is 3.30. The Hall–Kier alpha value is -3.13. The Morgan fingerprint density at radius 1 is 1.06 bits per heavy atom. The first-order valence-electron chi connectivity index (χ1n) is 10.9. The van der Waals surface area contributed by atoms with Gasteiger partial charge in [-0.25, -0.2) is 0 Å². The zero-order valence-electron chi connectivity index (χ0n) is 18.1. The summed E-state index contributed by atoms with van der Waals surface area (Å²) in [4.78, 5) is 27.1. The number of likely N-dealkylation sites (tertiary alicyclic amines) is 1. The fraction of sp³-hybridized carbons (Fsp3) is 0.333. The Kier molecular flexibility index (Phi) is 7.21. The van der Waals surface area contributed by atoms with Crippen LogP contribution in [0.2, 0.25) is 0 Å². The summed E-state index contributed by atoms with van der Waals surface area (Å²) in [5, 5.41) is 11.9. The molecule has 166 valence electrons. The van der Waals surface area contributed by atoms with Crippen LogP contribution in [-0.4, -0.2) is 50.3 Å². The minimum absolute atomic E-state index is 0.0281. The minimum atomic E-state index is -0.0689. The molecule has 1 aliphatic heterocycles. The van der Waals surface area contributed by atoms with Gasteiger partial charge in [-0.1, -0.05) is 55.1 Å².